The van der Waals surface area contributed by atoms with E-state index in [-0.39, 0.29) is 4.94 Å². The Hall–Kier alpha value is -2.58. The van der Waals surface area contributed by atoms with Crippen molar-refractivity contribution in [3.05, 3.63) is 57.8 Å². The summed E-state index contributed by atoms with van der Waals surface area (Å²) in [5, 5.41) is 8.71. The summed E-state index contributed by atoms with van der Waals surface area (Å²) in [6.45, 7) is 0. The highest BCUT2D eigenvalue weighted by Gasteiger charge is 2.04. The van der Waals surface area contributed by atoms with E-state index in [0.717, 1.165) is 16.0 Å². The molecular formula is C14H7NO3S. The van der Waals surface area contributed by atoms with Crippen LogP contribution < -0.4 is 9.68 Å². The van der Waals surface area contributed by atoms with Crippen molar-refractivity contribution in [3.63, 3.8) is 0 Å². The van der Waals surface area contributed by atoms with Crippen LogP contribution in [0.15, 0.2) is 51.7 Å². The maximum absolute atomic E-state index is 11.1. The lowest BCUT2D eigenvalue weighted by Crippen LogP contribution is -1.84. The predicted molar refractivity (Wildman–Crippen MR) is 71.6 cm³/mol. The SMILES string of the molecule is N#Cc1ccc(Oc2ccc3sc(=O)oc3c2)cc1. The molecule has 4 nitrogen and oxygen atoms in total. The number of nitriles is 1. The first kappa shape index (κ1) is 11.5. The fourth-order valence-electron chi connectivity index (χ4n) is 1.65. The molecule has 1 heterocycles. The summed E-state index contributed by atoms with van der Waals surface area (Å²) >= 11 is 1.06. The molecule has 0 amide bonds. The maximum atomic E-state index is 11.1. The average molecular weight is 269 g/mol. The molecule has 0 fully saturated rings. The van der Waals surface area contributed by atoms with Gasteiger partial charge in [-0.25, -0.2) is 4.79 Å². The van der Waals surface area contributed by atoms with Gasteiger partial charge in [-0.1, -0.05) is 11.3 Å². The standard InChI is InChI=1S/C14H7NO3S/c15-8-9-1-3-10(4-2-9)17-11-5-6-13-12(7-11)18-14(16)19-13/h1-7H. The van der Waals surface area contributed by atoms with Crippen LogP contribution in [0.25, 0.3) is 10.3 Å². The Kier molecular flexibility index (Phi) is 2.78. The van der Waals surface area contributed by atoms with Gasteiger partial charge in [0.2, 0.25) is 0 Å². The number of ether oxygens (including phenoxy) is 1. The van der Waals surface area contributed by atoms with Crippen molar-refractivity contribution in [1.82, 2.24) is 0 Å². The molecule has 0 aliphatic heterocycles. The van der Waals surface area contributed by atoms with E-state index in [0.29, 0.717) is 22.6 Å². The monoisotopic (exact) mass is 269 g/mol. The van der Waals surface area contributed by atoms with E-state index in [1.54, 1.807) is 42.5 Å². The maximum Gasteiger partial charge on any atom is 0.396 e. The first-order valence-electron chi connectivity index (χ1n) is 5.46. The molecule has 0 aliphatic carbocycles. The van der Waals surface area contributed by atoms with E-state index in [9.17, 15) is 4.79 Å². The summed E-state index contributed by atoms with van der Waals surface area (Å²) in [5.41, 5.74) is 1.09. The molecule has 19 heavy (non-hydrogen) atoms. The predicted octanol–water partition coefficient (Wildman–Crippen LogP) is 3.52. The van der Waals surface area contributed by atoms with E-state index in [4.69, 9.17) is 14.4 Å². The summed E-state index contributed by atoms with van der Waals surface area (Å²) in [6.07, 6.45) is 0. The van der Waals surface area contributed by atoms with Crippen LogP contribution in [0, 0.1) is 11.3 Å². The first-order chi connectivity index (χ1) is 9.24. The lowest BCUT2D eigenvalue weighted by molar-refractivity contribution is 0.481. The smallest absolute Gasteiger partial charge is 0.396 e. The van der Waals surface area contributed by atoms with Crippen LogP contribution in [0.1, 0.15) is 5.56 Å². The molecule has 3 rings (SSSR count). The number of hydrogen-bond acceptors (Lipinski definition) is 5. The minimum Gasteiger partial charge on any atom is -0.457 e. The van der Waals surface area contributed by atoms with Crippen molar-refractivity contribution in [2.24, 2.45) is 0 Å². The number of nitrogens with zero attached hydrogens (tertiary/aromatic N) is 1. The van der Waals surface area contributed by atoms with Crippen LogP contribution in [-0.2, 0) is 0 Å². The van der Waals surface area contributed by atoms with Gasteiger partial charge >= 0.3 is 4.94 Å². The molecule has 0 radical (unpaired) electrons. The normalized spacial score (nSPS) is 10.3. The summed E-state index contributed by atoms with van der Waals surface area (Å²) < 4.78 is 11.4. The van der Waals surface area contributed by atoms with Gasteiger partial charge in [0.1, 0.15) is 11.5 Å². The minimum absolute atomic E-state index is 0.328. The average Bonchev–Trinajstić information content (AvgIpc) is 2.79. The van der Waals surface area contributed by atoms with Gasteiger partial charge in [-0.05, 0) is 36.4 Å². The van der Waals surface area contributed by atoms with Crippen LogP contribution in [0.2, 0.25) is 0 Å². The lowest BCUT2D eigenvalue weighted by atomic mass is 10.2. The van der Waals surface area contributed by atoms with Crippen molar-refractivity contribution >= 4 is 21.6 Å². The molecule has 0 unspecified atom stereocenters. The summed E-state index contributed by atoms with van der Waals surface area (Å²) in [7, 11) is 0. The van der Waals surface area contributed by atoms with Crippen molar-refractivity contribution in [2.75, 3.05) is 0 Å². The Morgan fingerprint density at radius 3 is 2.58 bits per heavy atom. The van der Waals surface area contributed by atoms with Gasteiger partial charge in [0.25, 0.3) is 0 Å². The van der Waals surface area contributed by atoms with E-state index in [2.05, 4.69) is 0 Å². The summed E-state index contributed by atoms with van der Waals surface area (Å²) in [5.74, 6) is 1.20. The molecule has 0 spiro atoms. The molecule has 2 aromatic carbocycles. The molecular weight excluding hydrogens is 262 g/mol. The number of rotatable bonds is 2. The Balaban J connectivity index is 1.91. The minimum atomic E-state index is -0.328. The number of hydrogen-bond donors (Lipinski definition) is 0. The molecule has 0 saturated heterocycles. The third kappa shape index (κ3) is 2.34. The quantitative estimate of drug-likeness (QED) is 0.714. The topological polar surface area (TPSA) is 63.2 Å². The van der Waals surface area contributed by atoms with Gasteiger partial charge in [0, 0.05) is 6.07 Å². The van der Waals surface area contributed by atoms with Crippen molar-refractivity contribution in [2.45, 2.75) is 0 Å². The van der Waals surface area contributed by atoms with Gasteiger partial charge in [-0.15, -0.1) is 0 Å². The Labute approximate surface area is 112 Å². The highest BCUT2D eigenvalue weighted by Crippen LogP contribution is 2.26. The molecule has 0 aliphatic rings. The molecule has 0 N–H and O–H groups in total. The van der Waals surface area contributed by atoms with Crippen molar-refractivity contribution in [1.29, 1.82) is 5.26 Å². The van der Waals surface area contributed by atoms with Gasteiger partial charge in [-0.2, -0.15) is 5.26 Å². The fourth-order valence-corrected chi connectivity index (χ4v) is 2.30. The fraction of sp³-hybridized carbons (Fsp3) is 0. The highest BCUT2D eigenvalue weighted by atomic mass is 32.1. The van der Waals surface area contributed by atoms with E-state index >= 15 is 0 Å². The molecule has 0 atom stereocenters. The Morgan fingerprint density at radius 2 is 1.84 bits per heavy atom. The van der Waals surface area contributed by atoms with E-state index in [1.807, 2.05) is 6.07 Å². The first-order valence-corrected chi connectivity index (χ1v) is 6.28. The second-order valence-electron chi connectivity index (χ2n) is 3.80. The third-order valence-electron chi connectivity index (χ3n) is 2.52. The van der Waals surface area contributed by atoms with E-state index < -0.39 is 0 Å². The number of fused-ring (bicyclic) bond motifs is 1. The molecule has 5 heteroatoms. The third-order valence-corrected chi connectivity index (χ3v) is 3.33. The van der Waals surface area contributed by atoms with Gasteiger partial charge < -0.3 is 9.15 Å². The highest BCUT2D eigenvalue weighted by molar-refractivity contribution is 7.16. The molecule has 92 valence electrons. The zero-order valence-electron chi connectivity index (χ0n) is 9.62. The molecule has 0 bridgehead atoms. The van der Waals surface area contributed by atoms with Crippen LogP contribution in [0.3, 0.4) is 0 Å². The largest absolute Gasteiger partial charge is 0.457 e. The second-order valence-corrected chi connectivity index (χ2v) is 4.78. The van der Waals surface area contributed by atoms with Crippen molar-refractivity contribution in [3.8, 4) is 17.6 Å². The zero-order valence-corrected chi connectivity index (χ0v) is 10.4. The van der Waals surface area contributed by atoms with Crippen molar-refractivity contribution < 1.29 is 9.15 Å². The zero-order chi connectivity index (χ0) is 13.2. The molecule has 3 aromatic rings. The molecule has 1 aromatic heterocycles. The van der Waals surface area contributed by atoms with Gasteiger partial charge in [0.15, 0.2) is 5.58 Å². The Bertz CT molecular complexity index is 824. The van der Waals surface area contributed by atoms with E-state index in [1.165, 1.54) is 0 Å². The van der Waals surface area contributed by atoms with Crippen LogP contribution >= 0.6 is 11.3 Å². The summed E-state index contributed by atoms with van der Waals surface area (Å²) in [6, 6.07) is 14.1. The Morgan fingerprint density at radius 1 is 1.11 bits per heavy atom. The van der Waals surface area contributed by atoms with Crippen LogP contribution in [-0.4, -0.2) is 0 Å². The van der Waals surface area contributed by atoms with Crippen LogP contribution in [0.4, 0.5) is 0 Å². The molecule has 0 saturated carbocycles. The lowest BCUT2D eigenvalue weighted by Gasteiger charge is -2.04. The number of benzene rings is 2. The second kappa shape index (κ2) is 4.59. The van der Waals surface area contributed by atoms with Gasteiger partial charge in [0.05, 0.1) is 16.3 Å². The van der Waals surface area contributed by atoms with Gasteiger partial charge in [-0.3, -0.25) is 0 Å². The van der Waals surface area contributed by atoms with Crippen LogP contribution in [0.5, 0.6) is 11.5 Å². The summed E-state index contributed by atoms with van der Waals surface area (Å²) in [4.78, 5) is 10.8.